The molecule has 6 aromatic carbocycles. The molecule has 0 fully saturated rings. The molecule has 6 heteroatoms. The number of benzene rings is 6. The van der Waals surface area contributed by atoms with Gasteiger partial charge in [-0.15, -0.1) is 10.0 Å². The molecule has 0 aliphatic carbocycles. The molecule has 9 aromatic rings. The lowest BCUT2D eigenvalue weighted by Gasteiger charge is -2.42. The summed E-state index contributed by atoms with van der Waals surface area (Å²) in [6, 6.07) is 58.0. The molecule has 0 saturated heterocycles. The van der Waals surface area contributed by atoms with E-state index in [2.05, 4.69) is 174 Å². The fourth-order valence-electron chi connectivity index (χ4n) is 8.13. The Labute approximate surface area is 340 Å². The third-order valence-electron chi connectivity index (χ3n) is 10.6. The molecular formula is C52H41N5S. The average Bonchev–Trinajstić information content (AvgIpc) is 3.79. The van der Waals surface area contributed by atoms with Crippen molar-refractivity contribution in [3.8, 4) is 23.3 Å². The average molecular weight is 768 g/mol. The highest BCUT2D eigenvalue weighted by Crippen LogP contribution is 2.73. The van der Waals surface area contributed by atoms with Crippen molar-refractivity contribution in [2.24, 2.45) is 0 Å². The van der Waals surface area contributed by atoms with Crippen molar-refractivity contribution in [1.82, 2.24) is 24.1 Å². The summed E-state index contributed by atoms with van der Waals surface area (Å²) in [6.07, 6.45) is 9.75. The van der Waals surface area contributed by atoms with Crippen molar-refractivity contribution >= 4 is 56.1 Å². The van der Waals surface area contributed by atoms with Crippen LogP contribution in [-0.2, 0) is 0 Å². The van der Waals surface area contributed by atoms with Gasteiger partial charge in [0.2, 0.25) is 11.9 Å². The molecule has 5 nitrogen and oxygen atoms in total. The van der Waals surface area contributed by atoms with Gasteiger partial charge in [-0.05, 0) is 79.7 Å². The van der Waals surface area contributed by atoms with Crippen LogP contribution < -0.4 is 0 Å². The van der Waals surface area contributed by atoms with Crippen LogP contribution in [0, 0.1) is 0 Å². The number of hydrogen-bond acceptors (Lipinski definition) is 3. The Kier molecular flexibility index (Phi) is 9.62. The van der Waals surface area contributed by atoms with Gasteiger partial charge in [0.05, 0.1) is 22.4 Å². The molecule has 0 bridgehead atoms. The second kappa shape index (κ2) is 15.3. The maximum absolute atomic E-state index is 5.29. The topological polar surface area (TPSA) is 48.5 Å². The van der Waals surface area contributed by atoms with Crippen LogP contribution in [0.1, 0.15) is 29.4 Å². The van der Waals surface area contributed by atoms with E-state index in [1.807, 2.05) is 55.5 Å². The lowest BCUT2D eigenvalue weighted by atomic mass is 10.1. The number of para-hydroxylation sites is 2. The number of allylic oxidation sites excluding steroid dienone is 1. The zero-order valence-corrected chi connectivity index (χ0v) is 33.1. The summed E-state index contributed by atoms with van der Waals surface area (Å²) in [5.74, 6) is 1.52. The molecule has 0 N–H and O–H groups in total. The number of fused-ring (bicyclic) bond motifs is 2. The van der Waals surface area contributed by atoms with Gasteiger partial charge < -0.3 is 0 Å². The van der Waals surface area contributed by atoms with Crippen LogP contribution in [0.3, 0.4) is 0 Å². The first-order chi connectivity index (χ1) is 28.6. The van der Waals surface area contributed by atoms with Crippen molar-refractivity contribution < 1.29 is 0 Å². The van der Waals surface area contributed by atoms with E-state index in [9.17, 15) is 0 Å². The van der Waals surface area contributed by atoms with E-state index in [4.69, 9.17) is 15.0 Å². The molecular weight excluding hydrogens is 727 g/mol. The monoisotopic (exact) mass is 767 g/mol. The second-order valence-electron chi connectivity index (χ2n) is 13.8. The van der Waals surface area contributed by atoms with Crippen LogP contribution in [0.5, 0.6) is 0 Å². The first-order valence-corrected chi connectivity index (χ1v) is 20.9. The molecule has 58 heavy (non-hydrogen) atoms. The Morgan fingerprint density at radius 2 is 0.862 bits per heavy atom. The fraction of sp³-hybridized carbons (Fsp3) is 0.0192. The molecule has 0 amide bonds. The number of rotatable bonds is 11. The molecule has 3 aromatic heterocycles. The summed E-state index contributed by atoms with van der Waals surface area (Å²) in [4.78, 5) is 20.8. The minimum absolute atomic E-state index is 0.477. The maximum Gasteiger partial charge on any atom is 0.240 e. The van der Waals surface area contributed by atoms with Gasteiger partial charge in [-0.25, -0.2) is 0 Å². The van der Waals surface area contributed by atoms with Crippen molar-refractivity contribution in [3.05, 3.63) is 212 Å². The third-order valence-corrected chi connectivity index (χ3v) is 14.5. The molecule has 3 heterocycles. The SMILES string of the molecule is C=Cc1c(C=C)n(-c2nc(-c3ccc(S(c4ccccc4)(c4ccccc4)c4ccccc4)cc3)nc(-n3c(/C=C\C)c(C=C)c4ccccc43)n2)c2ccccc12. The Balaban J connectivity index is 1.32. The summed E-state index contributed by atoms with van der Waals surface area (Å²) in [5.41, 5.74) is 6.56. The van der Waals surface area contributed by atoms with Gasteiger partial charge in [0.1, 0.15) is 0 Å². The fourth-order valence-corrected chi connectivity index (χ4v) is 12.0. The van der Waals surface area contributed by atoms with Crippen molar-refractivity contribution in [1.29, 1.82) is 0 Å². The molecule has 0 saturated carbocycles. The normalized spacial score (nSPS) is 11.9. The molecule has 0 atom stereocenters. The van der Waals surface area contributed by atoms with E-state index in [-0.39, 0.29) is 0 Å². The van der Waals surface area contributed by atoms with E-state index in [1.54, 1.807) is 0 Å². The Morgan fingerprint density at radius 1 is 0.448 bits per heavy atom. The highest BCUT2D eigenvalue weighted by Gasteiger charge is 2.33. The maximum atomic E-state index is 5.29. The van der Waals surface area contributed by atoms with E-state index >= 15 is 0 Å². The summed E-state index contributed by atoms with van der Waals surface area (Å²) < 4.78 is 4.17. The van der Waals surface area contributed by atoms with Crippen molar-refractivity contribution in [2.75, 3.05) is 0 Å². The van der Waals surface area contributed by atoms with Gasteiger partial charge in [-0.3, -0.25) is 9.13 Å². The molecule has 280 valence electrons. The molecule has 0 aliphatic rings. The largest absolute Gasteiger partial charge is 0.278 e. The van der Waals surface area contributed by atoms with Crippen LogP contribution in [0.4, 0.5) is 0 Å². The number of aromatic nitrogens is 5. The zero-order chi connectivity index (χ0) is 39.6. The standard InChI is InChI=1S/C52H41N5S/c1-5-22-47-43(7-3)45-30-19-21-32-49(45)57(47)52-54-50(53-51(55-52)56-46(8-4)42(6-2)44-29-18-20-31-48(44)56)37-33-35-41(36-34-37)58(38-23-12-9-13-24-38,39-25-14-10-15-26-39)40-27-16-11-17-28-40/h5-36H,2-4H2,1H3/b22-5-. The molecule has 0 aliphatic heterocycles. The molecule has 0 radical (unpaired) electrons. The van der Waals surface area contributed by atoms with Crippen molar-refractivity contribution in [2.45, 2.75) is 26.5 Å². The highest BCUT2D eigenvalue weighted by molar-refractivity contribution is 8.34. The van der Waals surface area contributed by atoms with Crippen LogP contribution in [0.2, 0.25) is 0 Å². The van der Waals surface area contributed by atoms with Gasteiger partial charge in [0.25, 0.3) is 0 Å². The second-order valence-corrected chi connectivity index (χ2v) is 16.9. The van der Waals surface area contributed by atoms with Gasteiger partial charge in [-0.2, -0.15) is 15.0 Å². The highest BCUT2D eigenvalue weighted by atomic mass is 32.3. The lowest BCUT2D eigenvalue weighted by Crippen LogP contribution is -2.12. The number of nitrogens with zero attached hydrogens (tertiary/aromatic N) is 5. The minimum Gasteiger partial charge on any atom is -0.278 e. The van der Waals surface area contributed by atoms with E-state index in [0.717, 1.165) is 49.9 Å². The van der Waals surface area contributed by atoms with Gasteiger partial charge >= 0.3 is 0 Å². The van der Waals surface area contributed by atoms with Gasteiger partial charge in [-0.1, -0.05) is 141 Å². The summed E-state index contributed by atoms with van der Waals surface area (Å²) in [7, 11) is -1.88. The molecule has 0 unspecified atom stereocenters. The lowest BCUT2D eigenvalue weighted by molar-refractivity contribution is 0.863. The Hall–Kier alpha value is -7.28. The summed E-state index contributed by atoms with van der Waals surface area (Å²) >= 11 is 0. The summed E-state index contributed by atoms with van der Waals surface area (Å²) in [6.45, 7) is 14.6. The minimum atomic E-state index is -1.88. The smallest absolute Gasteiger partial charge is 0.240 e. The van der Waals surface area contributed by atoms with E-state index in [0.29, 0.717) is 17.7 Å². The molecule has 0 spiro atoms. The third kappa shape index (κ3) is 5.85. The zero-order valence-electron chi connectivity index (χ0n) is 32.2. The Morgan fingerprint density at radius 3 is 1.31 bits per heavy atom. The van der Waals surface area contributed by atoms with Crippen molar-refractivity contribution in [3.63, 3.8) is 0 Å². The van der Waals surface area contributed by atoms with Crippen LogP contribution >= 0.6 is 10.0 Å². The number of hydrogen-bond donors (Lipinski definition) is 0. The predicted molar refractivity (Wildman–Crippen MR) is 244 cm³/mol. The van der Waals surface area contributed by atoms with Crippen LogP contribution in [-0.4, -0.2) is 24.1 Å². The quantitative estimate of drug-likeness (QED) is 0.132. The van der Waals surface area contributed by atoms with E-state index < -0.39 is 10.0 Å². The predicted octanol–water partition coefficient (Wildman–Crippen LogP) is 13.7. The first kappa shape index (κ1) is 36.4. The van der Waals surface area contributed by atoms with Crippen LogP contribution in [0.25, 0.3) is 69.4 Å². The van der Waals surface area contributed by atoms with Crippen LogP contribution in [0.15, 0.2) is 209 Å². The molecule has 9 rings (SSSR count). The van der Waals surface area contributed by atoms with Gasteiger partial charge in [0.15, 0.2) is 5.82 Å². The summed E-state index contributed by atoms with van der Waals surface area (Å²) in [5, 5.41) is 2.10. The van der Waals surface area contributed by atoms with E-state index in [1.165, 1.54) is 19.6 Å². The Bertz CT molecular complexity index is 2900. The first-order valence-electron chi connectivity index (χ1n) is 19.2. The van der Waals surface area contributed by atoms with Gasteiger partial charge in [0, 0.05) is 47.0 Å².